The summed E-state index contributed by atoms with van der Waals surface area (Å²) in [5, 5.41) is 6.64. The van der Waals surface area contributed by atoms with Crippen molar-refractivity contribution < 1.29 is 9.59 Å². The standard InChI is InChI=1S/C22H21N3O2.C15H13ClN2O/c1-14-10-16(13-25(2)22(14)27)17-5-7-20-18(6-8-21(26)24-20)19(17)11-15-4-3-9-23-12-15;16-13-4-5-14-11(3-6-15(19)18-14)12(13)8-10-2-1-7-17-9-10/h3-5,7,9-10,12-13H,6,8,11H2,1-2H3,(H,24,26);1-2,4-5,7,9H,3,6,8H2,(H,18,19). The summed E-state index contributed by atoms with van der Waals surface area (Å²) >= 11 is 6.31. The van der Waals surface area contributed by atoms with E-state index in [1.165, 1.54) is 11.1 Å². The molecule has 5 heterocycles. The van der Waals surface area contributed by atoms with Crippen molar-refractivity contribution in [3.8, 4) is 11.1 Å². The molecular weight excluding hydrogens is 598 g/mol. The first kappa shape index (κ1) is 30.9. The molecule has 8 nitrogen and oxygen atoms in total. The van der Waals surface area contributed by atoms with Crippen molar-refractivity contribution in [3.05, 3.63) is 140 Å². The smallest absolute Gasteiger partial charge is 0.253 e. The predicted octanol–water partition coefficient (Wildman–Crippen LogP) is 6.44. The highest BCUT2D eigenvalue weighted by atomic mass is 35.5. The minimum absolute atomic E-state index is 0.0118. The van der Waals surface area contributed by atoms with Gasteiger partial charge in [-0.2, -0.15) is 0 Å². The lowest BCUT2D eigenvalue weighted by molar-refractivity contribution is -0.117. The van der Waals surface area contributed by atoms with Gasteiger partial charge in [-0.15, -0.1) is 0 Å². The number of hydrogen-bond acceptors (Lipinski definition) is 5. The number of nitrogens with zero attached hydrogens (tertiary/aromatic N) is 3. The number of rotatable bonds is 5. The molecule has 2 N–H and O–H groups in total. The van der Waals surface area contributed by atoms with Gasteiger partial charge in [-0.25, -0.2) is 0 Å². The van der Waals surface area contributed by atoms with Crippen molar-refractivity contribution in [2.75, 3.05) is 10.6 Å². The second-order valence-electron chi connectivity index (χ2n) is 11.7. The number of amides is 2. The van der Waals surface area contributed by atoms with Crippen LogP contribution in [0.4, 0.5) is 11.4 Å². The molecule has 0 saturated carbocycles. The average Bonchev–Trinajstić information content (AvgIpc) is 3.06. The lowest BCUT2D eigenvalue weighted by atomic mass is 9.87. The van der Waals surface area contributed by atoms with Gasteiger partial charge in [0.25, 0.3) is 5.56 Å². The molecule has 0 unspecified atom stereocenters. The van der Waals surface area contributed by atoms with E-state index in [4.69, 9.17) is 11.6 Å². The molecule has 2 aliphatic rings. The summed E-state index contributed by atoms with van der Waals surface area (Å²) < 4.78 is 1.62. The first-order valence-corrected chi connectivity index (χ1v) is 15.6. The Balaban J connectivity index is 0.000000172. The molecule has 7 rings (SSSR count). The average molecular weight is 632 g/mol. The number of aryl methyl sites for hydroxylation is 2. The predicted molar refractivity (Wildman–Crippen MR) is 181 cm³/mol. The van der Waals surface area contributed by atoms with Crippen LogP contribution < -0.4 is 16.2 Å². The number of carbonyl (C=O) groups is 2. The van der Waals surface area contributed by atoms with Gasteiger partial charge < -0.3 is 15.2 Å². The van der Waals surface area contributed by atoms with Crippen molar-refractivity contribution in [3.63, 3.8) is 0 Å². The zero-order valence-electron chi connectivity index (χ0n) is 25.8. The fraction of sp³-hybridized carbons (Fsp3) is 0.216. The van der Waals surface area contributed by atoms with Crippen LogP contribution in [-0.4, -0.2) is 26.3 Å². The van der Waals surface area contributed by atoms with Gasteiger partial charge in [0.2, 0.25) is 11.8 Å². The van der Waals surface area contributed by atoms with E-state index in [9.17, 15) is 14.4 Å². The van der Waals surface area contributed by atoms with E-state index in [1.807, 2.05) is 74.0 Å². The molecule has 9 heteroatoms. The minimum Gasteiger partial charge on any atom is -0.326 e. The van der Waals surface area contributed by atoms with Crippen LogP contribution in [0.3, 0.4) is 0 Å². The molecular formula is C37H34ClN5O3. The molecule has 0 radical (unpaired) electrons. The zero-order valence-corrected chi connectivity index (χ0v) is 26.5. The topological polar surface area (TPSA) is 106 Å². The number of anilines is 2. The molecule has 5 aromatic rings. The van der Waals surface area contributed by atoms with Crippen LogP contribution in [0.1, 0.15) is 51.8 Å². The summed E-state index contributed by atoms with van der Waals surface area (Å²) in [4.78, 5) is 43.7. The summed E-state index contributed by atoms with van der Waals surface area (Å²) in [7, 11) is 1.78. The summed E-state index contributed by atoms with van der Waals surface area (Å²) in [6.45, 7) is 1.84. The monoisotopic (exact) mass is 631 g/mol. The molecule has 0 bridgehead atoms. The Bertz CT molecular complexity index is 1960. The van der Waals surface area contributed by atoms with Crippen molar-refractivity contribution in [2.24, 2.45) is 7.05 Å². The molecule has 0 atom stereocenters. The van der Waals surface area contributed by atoms with Crippen LogP contribution in [0.5, 0.6) is 0 Å². The summed E-state index contributed by atoms with van der Waals surface area (Å²) in [6, 6.07) is 17.6. The van der Waals surface area contributed by atoms with Gasteiger partial charge in [0.1, 0.15) is 0 Å². The quantitative estimate of drug-likeness (QED) is 0.232. The van der Waals surface area contributed by atoms with Gasteiger partial charge in [-0.3, -0.25) is 24.4 Å². The van der Waals surface area contributed by atoms with E-state index in [0.717, 1.165) is 75.5 Å². The first-order valence-electron chi connectivity index (χ1n) is 15.3. The minimum atomic E-state index is 0.0118. The Morgan fingerprint density at radius 2 is 1.33 bits per heavy atom. The molecule has 46 heavy (non-hydrogen) atoms. The highest BCUT2D eigenvalue weighted by Crippen LogP contribution is 2.36. The van der Waals surface area contributed by atoms with Gasteiger partial charge in [0, 0.05) is 79.3 Å². The first-order chi connectivity index (χ1) is 22.3. The van der Waals surface area contributed by atoms with E-state index in [1.54, 1.807) is 24.0 Å². The number of carbonyl (C=O) groups excluding carboxylic acids is 2. The Morgan fingerprint density at radius 1 is 0.761 bits per heavy atom. The number of nitrogens with one attached hydrogen (secondary N) is 2. The fourth-order valence-corrected chi connectivity index (χ4v) is 6.41. The number of pyridine rings is 3. The molecule has 2 aliphatic heterocycles. The van der Waals surface area contributed by atoms with Crippen molar-refractivity contribution in [1.29, 1.82) is 0 Å². The van der Waals surface area contributed by atoms with E-state index in [0.29, 0.717) is 18.4 Å². The molecule has 0 spiro atoms. The van der Waals surface area contributed by atoms with E-state index in [-0.39, 0.29) is 17.4 Å². The van der Waals surface area contributed by atoms with Crippen LogP contribution in [0, 0.1) is 6.92 Å². The molecule has 232 valence electrons. The SMILES string of the molecule is Cc1cc(-c2ccc3c(c2Cc2cccnc2)CCC(=O)N3)cn(C)c1=O.O=C1CCc2c(ccc(Cl)c2Cc2cccnc2)N1. The number of benzene rings is 2. The fourth-order valence-electron chi connectivity index (χ4n) is 6.17. The Morgan fingerprint density at radius 3 is 1.89 bits per heavy atom. The van der Waals surface area contributed by atoms with E-state index >= 15 is 0 Å². The maximum atomic E-state index is 12.1. The number of halogens is 1. The van der Waals surface area contributed by atoms with Crippen LogP contribution in [0.2, 0.25) is 5.02 Å². The molecule has 2 amide bonds. The van der Waals surface area contributed by atoms with Crippen LogP contribution >= 0.6 is 11.6 Å². The van der Waals surface area contributed by atoms with Gasteiger partial charge >= 0.3 is 0 Å². The highest BCUT2D eigenvalue weighted by Gasteiger charge is 2.22. The number of fused-ring (bicyclic) bond motifs is 2. The molecule has 2 aromatic carbocycles. The van der Waals surface area contributed by atoms with E-state index in [2.05, 4.69) is 26.7 Å². The Labute approximate surface area is 272 Å². The number of hydrogen-bond donors (Lipinski definition) is 2. The maximum absolute atomic E-state index is 12.1. The lowest BCUT2D eigenvalue weighted by Crippen LogP contribution is -2.21. The summed E-state index contributed by atoms with van der Waals surface area (Å²) in [5.74, 6) is 0.127. The van der Waals surface area contributed by atoms with Gasteiger partial charge in [-0.05, 0) is 107 Å². The largest absolute Gasteiger partial charge is 0.326 e. The lowest BCUT2D eigenvalue weighted by Gasteiger charge is -2.23. The second-order valence-corrected chi connectivity index (χ2v) is 12.1. The third-order valence-electron chi connectivity index (χ3n) is 8.44. The van der Waals surface area contributed by atoms with Crippen molar-refractivity contribution in [1.82, 2.24) is 14.5 Å². The molecule has 0 fully saturated rings. The molecule has 0 aliphatic carbocycles. The Kier molecular flexibility index (Phi) is 9.08. The highest BCUT2D eigenvalue weighted by molar-refractivity contribution is 6.31. The van der Waals surface area contributed by atoms with Gasteiger partial charge in [0.05, 0.1) is 0 Å². The second kappa shape index (κ2) is 13.5. The van der Waals surface area contributed by atoms with Gasteiger partial charge in [-0.1, -0.05) is 29.8 Å². The van der Waals surface area contributed by atoms with Crippen LogP contribution in [0.15, 0.2) is 90.4 Å². The maximum Gasteiger partial charge on any atom is 0.253 e. The van der Waals surface area contributed by atoms with Crippen LogP contribution in [0.25, 0.3) is 11.1 Å². The van der Waals surface area contributed by atoms with Crippen LogP contribution in [-0.2, 0) is 42.3 Å². The van der Waals surface area contributed by atoms with E-state index < -0.39 is 0 Å². The van der Waals surface area contributed by atoms with Gasteiger partial charge in [0.15, 0.2) is 0 Å². The molecule has 0 saturated heterocycles. The normalized spacial score (nSPS) is 13.5. The van der Waals surface area contributed by atoms with Crippen molar-refractivity contribution >= 4 is 34.8 Å². The third-order valence-corrected chi connectivity index (χ3v) is 8.79. The number of aromatic nitrogens is 3. The van der Waals surface area contributed by atoms with Crippen molar-refractivity contribution in [2.45, 2.75) is 45.4 Å². The third kappa shape index (κ3) is 6.77. The summed E-state index contributed by atoms with van der Waals surface area (Å²) in [5.41, 5.74) is 11.4. The summed E-state index contributed by atoms with van der Waals surface area (Å²) in [6.07, 6.45) is 13.1. The molecule has 3 aromatic heterocycles. The Hall–Kier alpha value is -5.08. The zero-order chi connectivity index (χ0) is 32.2.